The molecule has 1 aromatic rings. The third-order valence-electron chi connectivity index (χ3n) is 5.98. The van der Waals surface area contributed by atoms with E-state index in [4.69, 9.17) is 14.9 Å². The third-order valence-corrected chi connectivity index (χ3v) is 5.98. The summed E-state index contributed by atoms with van der Waals surface area (Å²) in [6, 6.07) is 4.61. The molecule has 0 atom stereocenters. The van der Waals surface area contributed by atoms with E-state index in [1.165, 1.54) is 19.2 Å². The van der Waals surface area contributed by atoms with Crippen LogP contribution in [0.3, 0.4) is 0 Å². The number of allylic oxidation sites excluding steroid dienone is 4. The molecule has 1 fully saturated rings. The molecule has 2 aliphatic rings. The molecule has 0 radical (unpaired) electrons. The first-order valence-corrected chi connectivity index (χ1v) is 10.8. The zero-order chi connectivity index (χ0) is 23.5. The standard InChI is InChI=1S/C24H31N3O5/c1-5-32-21-14-18(25)16(10-9-15-11-17(12-15)24(2,3)29)13-19(21)26-23(28)20-7-6-8-22(31-4)27(20)30/h6-8,10,13-15,17,25,29H,5,9,11-12H2,1-4H3,(H-,26,28,30)/p+1/b16-10-,25-18?. The molecule has 3 rings (SSSR count). The molecule has 172 valence electrons. The lowest BCUT2D eigenvalue weighted by Gasteiger charge is -2.42. The molecule has 1 aromatic heterocycles. The molecule has 0 saturated heterocycles. The second-order valence-corrected chi connectivity index (χ2v) is 8.72. The van der Waals surface area contributed by atoms with E-state index >= 15 is 0 Å². The average Bonchev–Trinajstić information content (AvgIpc) is 2.69. The molecule has 0 unspecified atom stereocenters. The summed E-state index contributed by atoms with van der Waals surface area (Å²) in [5, 5.41) is 31.5. The van der Waals surface area contributed by atoms with Crippen LogP contribution in [-0.4, -0.2) is 41.3 Å². The summed E-state index contributed by atoms with van der Waals surface area (Å²) >= 11 is 0. The Kier molecular flexibility index (Phi) is 7.03. The number of methoxy groups -OCH3 is 1. The SMILES string of the molecule is CCOC1=CC(=N)/C(=C\CC2CC(C(C)(C)O)C2)C=C1NC(=O)c1cccc(OC)[n+]1O. The Labute approximate surface area is 188 Å². The largest absolute Gasteiger partial charge is 0.492 e. The number of pyridine rings is 1. The van der Waals surface area contributed by atoms with Crippen LogP contribution >= 0.6 is 0 Å². The van der Waals surface area contributed by atoms with Crippen molar-refractivity contribution in [2.24, 2.45) is 11.8 Å². The second-order valence-electron chi connectivity index (χ2n) is 8.72. The maximum atomic E-state index is 12.8. The second kappa shape index (κ2) is 9.56. The maximum absolute atomic E-state index is 12.8. The first-order valence-electron chi connectivity index (χ1n) is 10.8. The van der Waals surface area contributed by atoms with Crippen LogP contribution < -0.4 is 14.8 Å². The quantitative estimate of drug-likeness (QED) is 0.365. The number of aromatic nitrogens is 1. The molecular weight excluding hydrogens is 410 g/mol. The summed E-state index contributed by atoms with van der Waals surface area (Å²) in [4.78, 5) is 12.8. The average molecular weight is 443 g/mol. The zero-order valence-electron chi connectivity index (χ0n) is 19.0. The van der Waals surface area contributed by atoms with Crippen LogP contribution in [0.4, 0.5) is 0 Å². The van der Waals surface area contributed by atoms with E-state index < -0.39 is 11.5 Å². The van der Waals surface area contributed by atoms with Gasteiger partial charge in [0.25, 0.3) is 0 Å². The van der Waals surface area contributed by atoms with Crippen molar-refractivity contribution in [1.82, 2.24) is 5.32 Å². The maximum Gasteiger partial charge on any atom is 0.417 e. The highest BCUT2D eigenvalue weighted by Gasteiger charge is 2.38. The predicted octanol–water partition coefficient (Wildman–Crippen LogP) is 2.90. The highest BCUT2D eigenvalue weighted by atomic mass is 16.5. The molecule has 2 aliphatic carbocycles. The monoisotopic (exact) mass is 442 g/mol. The van der Waals surface area contributed by atoms with Crippen molar-refractivity contribution < 1.29 is 29.3 Å². The predicted molar refractivity (Wildman–Crippen MR) is 119 cm³/mol. The van der Waals surface area contributed by atoms with Gasteiger partial charge in [0.1, 0.15) is 5.76 Å². The van der Waals surface area contributed by atoms with Crippen LogP contribution in [-0.2, 0) is 4.74 Å². The summed E-state index contributed by atoms with van der Waals surface area (Å²) in [6.07, 6.45) is 8.02. The van der Waals surface area contributed by atoms with Crippen LogP contribution in [0.25, 0.3) is 0 Å². The van der Waals surface area contributed by atoms with E-state index in [2.05, 4.69) is 5.32 Å². The van der Waals surface area contributed by atoms with Gasteiger partial charge in [0.2, 0.25) is 0 Å². The molecule has 0 aromatic carbocycles. The number of nitrogens with zero attached hydrogens (tertiary/aromatic N) is 1. The first kappa shape index (κ1) is 23.5. The number of carbonyl (C=O) groups excluding carboxylic acids is 1. The van der Waals surface area contributed by atoms with Gasteiger partial charge in [-0.25, -0.2) is 0 Å². The number of rotatable bonds is 8. The summed E-state index contributed by atoms with van der Waals surface area (Å²) < 4.78 is 11.3. The highest BCUT2D eigenvalue weighted by Crippen LogP contribution is 2.42. The van der Waals surface area contributed by atoms with E-state index in [-0.39, 0.29) is 11.6 Å². The number of carbonyl (C=O) groups is 1. The van der Waals surface area contributed by atoms with Crippen LogP contribution in [0.15, 0.2) is 53.5 Å². The molecule has 8 heteroatoms. The minimum atomic E-state index is -0.655. The Bertz CT molecular complexity index is 982. The van der Waals surface area contributed by atoms with Gasteiger partial charge in [0.05, 0.1) is 41.5 Å². The topological polar surface area (TPSA) is 116 Å². The Morgan fingerprint density at radius 1 is 1.34 bits per heavy atom. The summed E-state index contributed by atoms with van der Waals surface area (Å²) in [5.41, 5.74) is 0.767. The van der Waals surface area contributed by atoms with E-state index in [1.54, 1.807) is 18.2 Å². The van der Waals surface area contributed by atoms with Gasteiger partial charge in [-0.15, -0.1) is 0 Å². The fraction of sp³-hybridized carbons (Fsp3) is 0.458. The minimum Gasteiger partial charge on any atom is -0.492 e. The minimum absolute atomic E-state index is 0.000550. The van der Waals surface area contributed by atoms with Gasteiger partial charge >= 0.3 is 17.5 Å². The van der Waals surface area contributed by atoms with E-state index in [0.717, 1.165) is 19.3 Å². The van der Waals surface area contributed by atoms with Gasteiger partial charge in [0.15, 0.2) is 0 Å². The van der Waals surface area contributed by atoms with Crippen LogP contribution in [0.2, 0.25) is 0 Å². The first-order chi connectivity index (χ1) is 15.1. The van der Waals surface area contributed by atoms with E-state index in [1.807, 2.05) is 26.8 Å². The molecule has 1 amide bonds. The summed E-state index contributed by atoms with van der Waals surface area (Å²) in [6.45, 7) is 5.90. The van der Waals surface area contributed by atoms with Gasteiger partial charge in [-0.3, -0.25) is 10.0 Å². The molecule has 1 heterocycles. The van der Waals surface area contributed by atoms with Crippen molar-refractivity contribution in [3.8, 4) is 5.88 Å². The fourth-order valence-corrected chi connectivity index (χ4v) is 3.93. The molecule has 8 nitrogen and oxygen atoms in total. The summed E-state index contributed by atoms with van der Waals surface area (Å²) in [5.74, 6) is 0.757. The van der Waals surface area contributed by atoms with Crippen molar-refractivity contribution in [1.29, 1.82) is 5.41 Å². The van der Waals surface area contributed by atoms with Crippen LogP contribution in [0.5, 0.6) is 5.88 Å². The van der Waals surface area contributed by atoms with Gasteiger partial charge in [-0.2, -0.15) is 0 Å². The third kappa shape index (κ3) is 5.19. The summed E-state index contributed by atoms with van der Waals surface area (Å²) in [7, 11) is 1.40. The lowest BCUT2D eigenvalue weighted by molar-refractivity contribution is -0.907. The molecule has 0 aliphatic heterocycles. The number of nitrogens with one attached hydrogen (secondary N) is 2. The molecule has 0 bridgehead atoms. The fourth-order valence-electron chi connectivity index (χ4n) is 3.93. The van der Waals surface area contributed by atoms with Crippen molar-refractivity contribution in [2.45, 2.75) is 45.6 Å². The number of amides is 1. The molecule has 0 spiro atoms. The Morgan fingerprint density at radius 3 is 2.69 bits per heavy atom. The number of aliphatic hydroxyl groups is 1. The lowest BCUT2D eigenvalue weighted by Crippen LogP contribution is -2.43. The van der Waals surface area contributed by atoms with Crippen molar-refractivity contribution in [3.05, 3.63) is 59.2 Å². The highest BCUT2D eigenvalue weighted by molar-refractivity contribution is 6.10. The van der Waals surface area contributed by atoms with Gasteiger partial charge in [-0.05, 0) is 69.6 Å². The van der Waals surface area contributed by atoms with Crippen LogP contribution in [0.1, 0.15) is 50.5 Å². The van der Waals surface area contributed by atoms with Crippen molar-refractivity contribution in [3.63, 3.8) is 0 Å². The smallest absolute Gasteiger partial charge is 0.417 e. The van der Waals surface area contributed by atoms with E-state index in [0.29, 0.717) is 45.9 Å². The van der Waals surface area contributed by atoms with Crippen molar-refractivity contribution >= 4 is 11.6 Å². The van der Waals surface area contributed by atoms with Crippen molar-refractivity contribution in [2.75, 3.05) is 13.7 Å². The number of hydrogen-bond acceptors (Lipinski definition) is 6. The van der Waals surface area contributed by atoms with Gasteiger partial charge in [-0.1, -0.05) is 6.08 Å². The Hall–Kier alpha value is -3.13. The normalized spacial score (nSPS) is 22.0. The Morgan fingerprint density at radius 2 is 2.06 bits per heavy atom. The lowest BCUT2D eigenvalue weighted by atomic mass is 9.66. The van der Waals surface area contributed by atoms with E-state index in [9.17, 15) is 15.1 Å². The van der Waals surface area contributed by atoms with Crippen LogP contribution in [0, 0.1) is 17.2 Å². The van der Waals surface area contributed by atoms with Gasteiger partial charge < -0.3 is 25.3 Å². The van der Waals surface area contributed by atoms with Gasteiger partial charge in [0, 0.05) is 12.1 Å². The molecule has 32 heavy (non-hydrogen) atoms. The molecule has 4 N–H and O–H groups in total. The molecule has 1 saturated carbocycles. The number of hydrogen-bond donors (Lipinski definition) is 4. The molecular formula is C24H32N3O5+. The Balaban J connectivity index is 1.77. The number of ether oxygens (including phenoxy) is 2. The zero-order valence-corrected chi connectivity index (χ0v) is 19.0.